The van der Waals surface area contributed by atoms with E-state index in [4.69, 9.17) is 4.74 Å². The predicted octanol–water partition coefficient (Wildman–Crippen LogP) is 4.45. The minimum atomic E-state index is -0.343. The van der Waals surface area contributed by atoms with Crippen LogP contribution in [0, 0.1) is 11.7 Å². The summed E-state index contributed by atoms with van der Waals surface area (Å²) in [6.45, 7) is 7.19. The number of nitrogens with zero attached hydrogens (tertiary/aromatic N) is 3. The molecule has 0 radical (unpaired) electrons. The standard InChI is InChI=1S/C26H29FN4O3/c1-16(2)20(18-4-6-19(27)7-5-18)13-25(32)23-12-21(24-15-34-11-10-31(23)24)26(33)30-17(3)22-14-28-8-9-29-22/h4-9,12,14,16-17,20H,10-11,13,15H2,1-3H3,(H,30,33)/t17?,20-/m1/s1. The molecule has 34 heavy (non-hydrogen) atoms. The zero-order valence-corrected chi connectivity index (χ0v) is 19.6. The maximum Gasteiger partial charge on any atom is 0.253 e. The number of hydrogen-bond acceptors (Lipinski definition) is 5. The summed E-state index contributed by atoms with van der Waals surface area (Å²) >= 11 is 0. The lowest BCUT2D eigenvalue weighted by Gasteiger charge is -2.22. The number of ether oxygens (including phenoxy) is 1. The Balaban J connectivity index is 1.59. The molecule has 1 aliphatic rings. The molecular formula is C26H29FN4O3. The highest BCUT2D eigenvalue weighted by molar-refractivity contribution is 6.01. The number of nitrogens with one attached hydrogen (secondary N) is 1. The minimum absolute atomic E-state index is 0.0489. The smallest absolute Gasteiger partial charge is 0.253 e. The van der Waals surface area contributed by atoms with Crippen molar-refractivity contribution in [3.8, 4) is 0 Å². The van der Waals surface area contributed by atoms with Gasteiger partial charge in [-0.2, -0.15) is 0 Å². The molecule has 0 saturated carbocycles. The Morgan fingerprint density at radius 2 is 1.94 bits per heavy atom. The zero-order chi connectivity index (χ0) is 24.2. The van der Waals surface area contributed by atoms with Gasteiger partial charge in [-0.1, -0.05) is 26.0 Å². The van der Waals surface area contributed by atoms with Gasteiger partial charge in [-0.25, -0.2) is 4.39 Å². The molecule has 0 saturated heterocycles. The Kier molecular flexibility index (Phi) is 7.17. The van der Waals surface area contributed by atoms with Crippen LogP contribution in [-0.2, 0) is 17.9 Å². The molecule has 0 fully saturated rings. The van der Waals surface area contributed by atoms with Crippen molar-refractivity contribution >= 4 is 11.7 Å². The fourth-order valence-electron chi connectivity index (χ4n) is 4.39. The van der Waals surface area contributed by atoms with Crippen molar-refractivity contribution in [2.45, 2.75) is 52.3 Å². The second-order valence-corrected chi connectivity index (χ2v) is 8.95. The molecule has 0 spiro atoms. The number of Topliss-reactive ketones (excluding diaryl/α,β-unsaturated/α-hetero) is 1. The number of hydrogen-bond donors (Lipinski definition) is 1. The number of carbonyl (C=O) groups excluding carboxylic acids is 2. The summed E-state index contributed by atoms with van der Waals surface area (Å²) in [5.74, 6) is -0.514. The number of ketones is 1. The van der Waals surface area contributed by atoms with Gasteiger partial charge in [-0.15, -0.1) is 0 Å². The first-order valence-corrected chi connectivity index (χ1v) is 11.5. The molecule has 1 aliphatic heterocycles. The van der Waals surface area contributed by atoms with E-state index in [-0.39, 0.29) is 48.4 Å². The molecule has 3 heterocycles. The number of carbonyl (C=O) groups is 2. The molecule has 2 atom stereocenters. The molecule has 8 heteroatoms. The normalized spacial score (nSPS) is 15.0. The van der Waals surface area contributed by atoms with Crippen LogP contribution in [0.5, 0.6) is 0 Å². The molecule has 3 aromatic rings. The molecule has 4 rings (SSSR count). The number of amides is 1. The van der Waals surface area contributed by atoms with Crippen molar-refractivity contribution < 1.29 is 18.7 Å². The van der Waals surface area contributed by atoms with Crippen LogP contribution >= 0.6 is 0 Å². The predicted molar refractivity (Wildman–Crippen MR) is 125 cm³/mol. The molecule has 1 aromatic carbocycles. The molecular weight excluding hydrogens is 435 g/mol. The average Bonchev–Trinajstić information content (AvgIpc) is 3.23. The number of aromatic nitrogens is 3. The van der Waals surface area contributed by atoms with Crippen molar-refractivity contribution in [2.75, 3.05) is 6.61 Å². The lowest BCUT2D eigenvalue weighted by atomic mass is 9.84. The van der Waals surface area contributed by atoms with Crippen molar-refractivity contribution in [1.29, 1.82) is 0 Å². The first kappa shape index (κ1) is 23.8. The van der Waals surface area contributed by atoms with E-state index in [0.717, 1.165) is 5.56 Å². The van der Waals surface area contributed by atoms with Crippen LogP contribution in [0.25, 0.3) is 0 Å². The van der Waals surface area contributed by atoms with E-state index >= 15 is 0 Å². The van der Waals surface area contributed by atoms with Crippen LogP contribution in [0.2, 0.25) is 0 Å². The Morgan fingerprint density at radius 1 is 1.18 bits per heavy atom. The molecule has 1 unspecified atom stereocenters. The fourth-order valence-corrected chi connectivity index (χ4v) is 4.39. The summed E-state index contributed by atoms with van der Waals surface area (Å²) in [5, 5.41) is 2.95. The third-order valence-electron chi connectivity index (χ3n) is 6.32. The van der Waals surface area contributed by atoms with Crippen molar-refractivity contribution in [3.63, 3.8) is 0 Å². The van der Waals surface area contributed by atoms with Crippen LogP contribution in [0.1, 0.15) is 76.9 Å². The molecule has 0 aliphatic carbocycles. The van der Waals surface area contributed by atoms with Crippen molar-refractivity contribution in [3.05, 3.63) is 82.9 Å². The van der Waals surface area contributed by atoms with E-state index in [2.05, 4.69) is 29.1 Å². The summed E-state index contributed by atoms with van der Waals surface area (Å²) in [4.78, 5) is 34.9. The summed E-state index contributed by atoms with van der Waals surface area (Å²) in [6.07, 6.45) is 5.04. The Labute approximate surface area is 198 Å². The quantitative estimate of drug-likeness (QED) is 0.498. The van der Waals surface area contributed by atoms with Crippen LogP contribution < -0.4 is 5.32 Å². The summed E-state index contributed by atoms with van der Waals surface area (Å²) < 4.78 is 20.9. The van der Waals surface area contributed by atoms with E-state index in [0.29, 0.717) is 35.8 Å². The van der Waals surface area contributed by atoms with Gasteiger partial charge in [0.15, 0.2) is 5.78 Å². The number of fused-ring (bicyclic) bond motifs is 1. The Bertz CT molecular complexity index is 1160. The highest BCUT2D eigenvalue weighted by atomic mass is 19.1. The number of rotatable bonds is 8. The summed E-state index contributed by atoms with van der Waals surface area (Å²) in [5.41, 5.74) is 3.20. The highest BCUT2D eigenvalue weighted by Crippen LogP contribution is 2.31. The molecule has 7 nitrogen and oxygen atoms in total. The van der Waals surface area contributed by atoms with Gasteiger partial charge in [0.2, 0.25) is 0 Å². The van der Waals surface area contributed by atoms with Gasteiger partial charge < -0.3 is 14.6 Å². The van der Waals surface area contributed by atoms with E-state index in [1.807, 2.05) is 11.5 Å². The van der Waals surface area contributed by atoms with Gasteiger partial charge in [0.25, 0.3) is 5.91 Å². The maximum absolute atomic E-state index is 13.5. The maximum atomic E-state index is 13.5. The largest absolute Gasteiger partial charge is 0.373 e. The van der Waals surface area contributed by atoms with Crippen LogP contribution in [0.3, 0.4) is 0 Å². The second kappa shape index (κ2) is 10.3. The average molecular weight is 465 g/mol. The molecule has 178 valence electrons. The number of benzene rings is 1. The second-order valence-electron chi connectivity index (χ2n) is 8.95. The first-order chi connectivity index (χ1) is 16.3. The van der Waals surface area contributed by atoms with Crippen LogP contribution in [-0.4, -0.2) is 32.8 Å². The monoisotopic (exact) mass is 464 g/mol. The van der Waals surface area contributed by atoms with Gasteiger partial charge in [0.05, 0.1) is 48.1 Å². The topological polar surface area (TPSA) is 86.1 Å². The first-order valence-electron chi connectivity index (χ1n) is 11.5. The van der Waals surface area contributed by atoms with Crippen molar-refractivity contribution in [1.82, 2.24) is 19.9 Å². The lowest BCUT2D eigenvalue weighted by Crippen LogP contribution is -2.29. The Morgan fingerprint density at radius 3 is 2.62 bits per heavy atom. The SMILES string of the molecule is CC(NC(=O)c1cc(C(=O)C[C@@H](c2ccc(F)cc2)C(C)C)n2c1COCC2)c1cnccn1. The lowest BCUT2D eigenvalue weighted by molar-refractivity contribution is 0.0780. The van der Waals surface area contributed by atoms with Gasteiger partial charge >= 0.3 is 0 Å². The molecule has 2 aromatic heterocycles. The van der Waals surface area contributed by atoms with Gasteiger partial charge in [0, 0.05) is 25.4 Å². The zero-order valence-electron chi connectivity index (χ0n) is 19.6. The van der Waals surface area contributed by atoms with Gasteiger partial charge in [-0.3, -0.25) is 19.6 Å². The molecule has 1 N–H and O–H groups in total. The van der Waals surface area contributed by atoms with Crippen LogP contribution in [0.15, 0.2) is 48.9 Å². The van der Waals surface area contributed by atoms with E-state index in [1.165, 1.54) is 12.1 Å². The highest BCUT2D eigenvalue weighted by Gasteiger charge is 2.29. The third-order valence-corrected chi connectivity index (χ3v) is 6.32. The number of halogens is 1. The van der Waals surface area contributed by atoms with Gasteiger partial charge in [0.1, 0.15) is 5.82 Å². The summed E-state index contributed by atoms with van der Waals surface area (Å²) in [6, 6.07) is 7.65. The van der Waals surface area contributed by atoms with E-state index in [9.17, 15) is 14.0 Å². The van der Waals surface area contributed by atoms with E-state index < -0.39 is 0 Å². The fraction of sp³-hybridized carbons (Fsp3) is 0.385. The van der Waals surface area contributed by atoms with Gasteiger partial charge in [-0.05, 0) is 42.5 Å². The molecule has 0 bridgehead atoms. The minimum Gasteiger partial charge on any atom is -0.373 e. The van der Waals surface area contributed by atoms with E-state index in [1.54, 1.807) is 36.8 Å². The summed E-state index contributed by atoms with van der Waals surface area (Å²) in [7, 11) is 0. The Hall–Kier alpha value is -3.39. The third kappa shape index (κ3) is 5.07. The molecule has 1 amide bonds. The van der Waals surface area contributed by atoms with Crippen LogP contribution in [0.4, 0.5) is 4.39 Å². The van der Waals surface area contributed by atoms with Crippen molar-refractivity contribution in [2.24, 2.45) is 5.92 Å².